The second-order valence-electron chi connectivity index (χ2n) is 8.83. The summed E-state index contributed by atoms with van der Waals surface area (Å²) in [7, 11) is 0. The standard InChI is InChI=1S/C19H31NS/c1-12-4-6-14-13-5-7-16-19(3,11-9-17(21)20-16)15(13)8-10-18(12,14)2/h13-17,20-21H,1,4-11H2,2-3H3. The van der Waals surface area contributed by atoms with E-state index in [9.17, 15) is 0 Å². The zero-order chi connectivity index (χ0) is 14.8. The average Bonchev–Trinajstić information content (AvgIpc) is 2.76. The first-order chi connectivity index (χ1) is 9.95. The van der Waals surface area contributed by atoms with E-state index in [0.29, 0.717) is 22.2 Å². The predicted molar refractivity (Wildman–Crippen MR) is 92.5 cm³/mol. The van der Waals surface area contributed by atoms with Crippen molar-refractivity contribution in [3.05, 3.63) is 12.2 Å². The monoisotopic (exact) mass is 305 g/mol. The molecular weight excluding hydrogens is 274 g/mol. The van der Waals surface area contributed by atoms with Crippen LogP contribution in [-0.2, 0) is 0 Å². The van der Waals surface area contributed by atoms with Crippen molar-refractivity contribution >= 4 is 12.6 Å². The van der Waals surface area contributed by atoms with Crippen molar-refractivity contribution in [2.45, 2.75) is 76.6 Å². The lowest BCUT2D eigenvalue weighted by atomic mass is 9.47. The minimum atomic E-state index is 0.430. The number of fused-ring (bicyclic) bond motifs is 5. The fourth-order valence-corrected chi connectivity index (χ4v) is 7.07. The molecule has 7 unspecified atom stereocenters. The molecule has 3 aliphatic carbocycles. The zero-order valence-corrected chi connectivity index (χ0v) is 14.6. The predicted octanol–water partition coefficient (Wildman–Crippen LogP) is 4.79. The molecule has 118 valence electrons. The Morgan fingerprint density at radius 1 is 1.05 bits per heavy atom. The maximum absolute atomic E-state index is 4.70. The third kappa shape index (κ3) is 1.94. The molecule has 21 heavy (non-hydrogen) atoms. The molecule has 0 aromatic heterocycles. The highest BCUT2D eigenvalue weighted by Crippen LogP contribution is 2.65. The fraction of sp³-hybridized carbons (Fsp3) is 0.895. The largest absolute Gasteiger partial charge is 0.302 e. The second kappa shape index (κ2) is 4.77. The smallest absolute Gasteiger partial charge is 0.0504 e. The molecule has 1 heterocycles. The van der Waals surface area contributed by atoms with Crippen LogP contribution in [0, 0.1) is 28.6 Å². The Morgan fingerprint density at radius 3 is 2.67 bits per heavy atom. The molecule has 0 bridgehead atoms. The topological polar surface area (TPSA) is 12.0 Å². The van der Waals surface area contributed by atoms with Gasteiger partial charge in [0.05, 0.1) is 5.37 Å². The molecule has 7 atom stereocenters. The van der Waals surface area contributed by atoms with Crippen LogP contribution in [0.5, 0.6) is 0 Å². The van der Waals surface area contributed by atoms with E-state index in [-0.39, 0.29) is 0 Å². The maximum atomic E-state index is 4.70. The Bertz CT molecular complexity index is 460. The van der Waals surface area contributed by atoms with Crippen LogP contribution in [0.25, 0.3) is 0 Å². The Morgan fingerprint density at radius 2 is 1.86 bits per heavy atom. The van der Waals surface area contributed by atoms with Gasteiger partial charge in [-0.2, -0.15) is 12.6 Å². The van der Waals surface area contributed by atoms with Gasteiger partial charge in [0.1, 0.15) is 0 Å². The molecule has 4 aliphatic rings. The molecule has 2 heteroatoms. The quantitative estimate of drug-likeness (QED) is 0.484. The molecule has 1 aliphatic heterocycles. The van der Waals surface area contributed by atoms with E-state index in [1.54, 1.807) is 5.57 Å². The van der Waals surface area contributed by atoms with Crippen LogP contribution < -0.4 is 5.32 Å². The van der Waals surface area contributed by atoms with Crippen molar-refractivity contribution in [1.82, 2.24) is 5.32 Å². The minimum absolute atomic E-state index is 0.430. The van der Waals surface area contributed by atoms with Crippen molar-refractivity contribution in [2.75, 3.05) is 0 Å². The Labute approximate surface area is 135 Å². The van der Waals surface area contributed by atoms with Gasteiger partial charge < -0.3 is 5.32 Å². The maximum Gasteiger partial charge on any atom is 0.0504 e. The summed E-state index contributed by atoms with van der Waals surface area (Å²) in [4.78, 5) is 0. The average molecular weight is 306 g/mol. The molecule has 0 amide bonds. The van der Waals surface area contributed by atoms with E-state index in [1.165, 1.54) is 51.4 Å². The van der Waals surface area contributed by atoms with Crippen LogP contribution in [0.15, 0.2) is 12.2 Å². The lowest BCUT2D eigenvalue weighted by Gasteiger charge is -2.60. The number of rotatable bonds is 0. The van der Waals surface area contributed by atoms with Gasteiger partial charge >= 0.3 is 0 Å². The number of thiol groups is 1. The second-order valence-corrected chi connectivity index (χ2v) is 9.46. The molecule has 1 nitrogen and oxygen atoms in total. The number of allylic oxidation sites excluding steroid dienone is 1. The molecule has 0 spiro atoms. The van der Waals surface area contributed by atoms with Gasteiger partial charge in [-0.15, -0.1) is 0 Å². The van der Waals surface area contributed by atoms with Gasteiger partial charge in [0, 0.05) is 6.04 Å². The first-order valence-corrected chi connectivity index (χ1v) is 9.59. The van der Waals surface area contributed by atoms with Gasteiger partial charge in [0.2, 0.25) is 0 Å². The van der Waals surface area contributed by atoms with Crippen LogP contribution in [0.4, 0.5) is 0 Å². The minimum Gasteiger partial charge on any atom is -0.302 e. The molecule has 4 fully saturated rings. The summed E-state index contributed by atoms with van der Waals surface area (Å²) in [6, 6.07) is 0.712. The summed E-state index contributed by atoms with van der Waals surface area (Å²) in [5.41, 5.74) is 2.56. The molecule has 0 aromatic rings. The normalized spacial score (nSPS) is 56.5. The lowest BCUT2D eigenvalue weighted by molar-refractivity contribution is -0.0797. The third-order valence-electron chi connectivity index (χ3n) is 8.17. The van der Waals surface area contributed by atoms with Crippen molar-refractivity contribution in [3.8, 4) is 0 Å². The van der Waals surface area contributed by atoms with Crippen molar-refractivity contribution in [1.29, 1.82) is 0 Å². The summed E-state index contributed by atoms with van der Waals surface area (Å²) in [6.07, 6.45) is 11.0. The molecule has 4 rings (SSSR count). The van der Waals surface area contributed by atoms with Crippen LogP contribution in [0.2, 0.25) is 0 Å². The summed E-state index contributed by atoms with van der Waals surface area (Å²) in [6.45, 7) is 9.55. The molecule has 1 N–H and O–H groups in total. The van der Waals surface area contributed by atoms with Crippen LogP contribution in [-0.4, -0.2) is 11.4 Å². The summed E-state index contributed by atoms with van der Waals surface area (Å²) < 4.78 is 0. The Balaban J connectivity index is 1.64. The number of piperidine rings is 1. The summed E-state index contributed by atoms with van der Waals surface area (Å²) >= 11 is 4.70. The van der Waals surface area contributed by atoms with Crippen LogP contribution >= 0.6 is 12.6 Å². The molecule has 0 aromatic carbocycles. The molecule has 0 radical (unpaired) electrons. The zero-order valence-electron chi connectivity index (χ0n) is 13.7. The first-order valence-electron chi connectivity index (χ1n) is 9.07. The van der Waals surface area contributed by atoms with E-state index >= 15 is 0 Å². The van der Waals surface area contributed by atoms with Crippen LogP contribution in [0.3, 0.4) is 0 Å². The van der Waals surface area contributed by atoms with Gasteiger partial charge in [-0.05, 0) is 80.0 Å². The van der Waals surface area contributed by atoms with E-state index in [0.717, 1.165) is 17.8 Å². The highest BCUT2D eigenvalue weighted by atomic mass is 32.1. The SMILES string of the molecule is C=C1CCC2C3CCC4NC(S)CCC4(C)C3CCC12C. The van der Waals surface area contributed by atoms with Gasteiger partial charge in [0.15, 0.2) is 0 Å². The number of nitrogens with one attached hydrogen (secondary N) is 1. The molecule has 3 saturated carbocycles. The Kier molecular flexibility index (Phi) is 3.32. The highest BCUT2D eigenvalue weighted by Gasteiger charge is 2.58. The van der Waals surface area contributed by atoms with Crippen LogP contribution in [0.1, 0.15) is 65.2 Å². The summed E-state index contributed by atoms with van der Waals surface area (Å²) in [5, 5.41) is 4.25. The van der Waals surface area contributed by atoms with Gasteiger partial charge in [-0.3, -0.25) is 0 Å². The van der Waals surface area contributed by atoms with Crippen molar-refractivity contribution in [2.24, 2.45) is 28.6 Å². The van der Waals surface area contributed by atoms with Gasteiger partial charge in [-0.1, -0.05) is 26.0 Å². The Hall–Kier alpha value is 0.0500. The lowest BCUT2D eigenvalue weighted by Crippen LogP contribution is -2.60. The van der Waals surface area contributed by atoms with E-state index < -0.39 is 0 Å². The van der Waals surface area contributed by atoms with Gasteiger partial charge in [-0.25, -0.2) is 0 Å². The van der Waals surface area contributed by atoms with Gasteiger partial charge in [0.25, 0.3) is 0 Å². The van der Waals surface area contributed by atoms with Crippen molar-refractivity contribution in [3.63, 3.8) is 0 Å². The third-order valence-corrected chi connectivity index (χ3v) is 8.58. The van der Waals surface area contributed by atoms with Crippen molar-refractivity contribution < 1.29 is 0 Å². The number of hydrogen-bond acceptors (Lipinski definition) is 2. The van der Waals surface area contributed by atoms with E-state index in [1.807, 2.05) is 0 Å². The molecular formula is C19H31NS. The molecule has 1 saturated heterocycles. The summed E-state index contributed by atoms with van der Waals surface area (Å²) in [5.74, 6) is 2.83. The van der Waals surface area contributed by atoms with E-state index in [2.05, 4.69) is 25.7 Å². The highest BCUT2D eigenvalue weighted by molar-refractivity contribution is 7.80. The fourth-order valence-electron chi connectivity index (χ4n) is 6.76. The number of hydrogen-bond donors (Lipinski definition) is 2. The van der Waals surface area contributed by atoms with E-state index in [4.69, 9.17) is 12.6 Å². The first kappa shape index (κ1) is 14.6.